The molecule has 0 spiro atoms. The number of benzene rings is 6. The second-order valence-corrected chi connectivity index (χ2v) is 11.4. The van der Waals surface area contributed by atoms with Gasteiger partial charge in [0, 0.05) is 44.5 Å². The lowest BCUT2D eigenvalue weighted by Crippen LogP contribution is -2.02. The normalized spacial score (nSPS) is 11.9. The molecule has 0 aliphatic carbocycles. The Labute approximate surface area is 262 Å². The summed E-state index contributed by atoms with van der Waals surface area (Å²) in [6.45, 7) is 0. The van der Waals surface area contributed by atoms with Crippen LogP contribution in [0.25, 0.3) is 88.6 Å². The molecule has 4 heterocycles. The van der Waals surface area contributed by atoms with Gasteiger partial charge in [0.15, 0.2) is 5.82 Å². The Morgan fingerprint density at radius 2 is 1.02 bits per heavy atom. The molecule has 7 nitrogen and oxygen atoms in total. The van der Waals surface area contributed by atoms with Crippen LogP contribution in [0.4, 0.5) is 0 Å². The summed E-state index contributed by atoms with van der Waals surface area (Å²) >= 11 is 0. The molecule has 4 aromatic heterocycles. The molecule has 0 radical (unpaired) electrons. The molecule has 0 aliphatic rings. The minimum Gasteiger partial charge on any atom is -0.308 e. The van der Waals surface area contributed by atoms with Gasteiger partial charge in [-0.25, -0.2) is 15.0 Å². The Kier molecular flexibility index (Phi) is 5.15. The van der Waals surface area contributed by atoms with Crippen molar-refractivity contribution in [1.29, 1.82) is 0 Å². The fourth-order valence-corrected chi connectivity index (χ4v) is 6.95. The highest BCUT2D eigenvalue weighted by Gasteiger charge is 2.26. The van der Waals surface area contributed by atoms with Gasteiger partial charge in [-0.3, -0.25) is 0 Å². The lowest BCUT2D eigenvalue weighted by molar-refractivity contribution is 1.00. The van der Waals surface area contributed by atoms with Gasteiger partial charge in [0.2, 0.25) is 5.82 Å². The second-order valence-electron chi connectivity index (χ2n) is 11.4. The van der Waals surface area contributed by atoms with Crippen molar-refractivity contribution < 1.29 is 0 Å². The highest BCUT2D eigenvalue weighted by Crippen LogP contribution is 2.45. The molecule has 0 atom stereocenters. The maximum Gasteiger partial charge on any atom is 0.220 e. The van der Waals surface area contributed by atoms with Gasteiger partial charge in [-0.1, -0.05) is 91.0 Å². The lowest BCUT2D eigenvalue weighted by Gasteiger charge is -2.12. The summed E-state index contributed by atoms with van der Waals surface area (Å²) in [5.41, 5.74) is 8.65. The van der Waals surface area contributed by atoms with Crippen molar-refractivity contribution in [3.63, 3.8) is 0 Å². The van der Waals surface area contributed by atoms with Gasteiger partial charge in [0.25, 0.3) is 0 Å². The molecule has 46 heavy (non-hydrogen) atoms. The SMILES string of the molecule is c1ccc(-n2c3ccccc3c3c2c2nnc(-c4ncc5ccccc5n4)nc2c2c4ccccc4n(-c4ccccc4)c23)cc1. The van der Waals surface area contributed by atoms with Crippen molar-refractivity contribution in [2.24, 2.45) is 0 Å². The van der Waals surface area contributed by atoms with Crippen LogP contribution in [0.1, 0.15) is 0 Å². The van der Waals surface area contributed by atoms with Crippen LogP contribution in [0.3, 0.4) is 0 Å². The van der Waals surface area contributed by atoms with E-state index in [1.165, 1.54) is 0 Å². The zero-order valence-corrected chi connectivity index (χ0v) is 24.4. The van der Waals surface area contributed by atoms with Crippen molar-refractivity contribution in [3.8, 4) is 23.0 Å². The zero-order chi connectivity index (χ0) is 30.2. The van der Waals surface area contributed by atoms with Crippen LogP contribution in [0.15, 0.2) is 140 Å². The molecule has 0 N–H and O–H groups in total. The maximum atomic E-state index is 5.27. The van der Waals surface area contributed by atoms with Crippen molar-refractivity contribution in [2.75, 3.05) is 0 Å². The first-order chi connectivity index (χ1) is 22.8. The largest absolute Gasteiger partial charge is 0.308 e. The summed E-state index contributed by atoms with van der Waals surface area (Å²) in [4.78, 5) is 14.7. The minimum atomic E-state index is 0.387. The predicted octanol–water partition coefficient (Wildman–Crippen LogP) is 8.83. The molecule has 0 bridgehead atoms. The number of hydrogen-bond donors (Lipinski definition) is 0. The van der Waals surface area contributed by atoms with Crippen molar-refractivity contribution in [2.45, 2.75) is 0 Å². The molecule has 0 unspecified atom stereocenters. The molecule has 0 aliphatic heterocycles. The molecule has 10 rings (SSSR count). The Bertz CT molecular complexity index is 2800. The fourth-order valence-electron chi connectivity index (χ4n) is 6.95. The molecule has 6 aromatic carbocycles. The fraction of sp³-hybridized carbons (Fsp3) is 0. The average molecular weight is 590 g/mol. The van der Waals surface area contributed by atoms with E-state index >= 15 is 0 Å². The van der Waals surface area contributed by atoms with Gasteiger partial charge in [0.05, 0.1) is 27.6 Å². The molecular formula is C39H23N7. The smallest absolute Gasteiger partial charge is 0.220 e. The first kappa shape index (κ1) is 24.9. The van der Waals surface area contributed by atoms with Crippen LogP contribution >= 0.6 is 0 Å². The van der Waals surface area contributed by atoms with Gasteiger partial charge in [-0.05, 0) is 42.5 Å². The molecule has 10 aromatic rings. The number of rotatable bonds is 3. The van der Waals surface area contributed by atoms with Gasteiger partial charge >= 0.3 is 0 Å². The molecule has 0 amide bonds. The Morgan fingerprint density at radius 1 is 0.435 bits per heavy atom. The number of fused-ring (bicyclic) bond motifs is 11. The third kappa shape index (κ3) is 3.45. The third-order valence-corrected chi connectivity index (χ3v) is 8.85. The quantitative estimate of drug-likeness (QED) is 0.206. The Balaban J connectivity index is 1.46. The number of hydrogen-bond acceptors (Lipinski definition) is 5. The van der Waals surface area contributed by atoms with Crippen LogP contribution in [0.2, 0.25) is 0 Å². The highest BCUT2D eigenvalue weighted by molar-refractivity contribution is 6.35. The number of aromatic nitrogens is 7. The highest BCUT2D eigenvalue weighted by atomic mass is 15.2. The van der Waals surface area contributed by atoms with E-state index in [4.69, 9.17) is 15.1 Å². The monoisotopic (exact) mass is 589 g/mol. The van der Waals surface area contributed by atoms with E-state index in [9.17, 15) is 0 Å². The summed E-state index contributed by atoms with van der Waals surface area (Å²) < 4.78 is 4.66. The molecular weight excluding hydrogens is 566 g/mol. The van der Waals surface area contributed by atoms with Gasteiger partial charge < -0.3 is 9.13 Å². The standard InChI is InChI=1S/C39H23N7/c1-3-14-25(15-4-1)45-30-21-11-8-18-27(30)32-34-35(43-44-39(42-34)38-40-23-24-13-7-10-20-29(24)41-38)37-33(36(32)45)28-19-9-12-22-31(28)46(37)26-16-5-2-6-17-26/h1-23H. The number of nitrogens with zero attached hydrogens (tertiary/aromatic N) is 7. The van der Waals surface area contributed by atoms with E-state index in [1.807, 2.05) is 36.5 Å². The first-order valence-corrected chi connectivity index (χ1v) is 15.2. The van der Waals surface area contributed by atoms with Crippen LogP contribution in [0.5, 0.6) is 0 Å². The first-order valence-electron chi connectivity index (χ1n) is 15.2. The lowest BCUT2D eigenvalue weighted by atomic mass is 10.1. The number of para-hydroxylation sites is 5. The third-order valence-electron chi connectivity index (χ3n) is 8.85. The molecule has 0 saturated carbocycles. The summed E-state index contributed by atoms with van der Waals surface area (Å²) in [5.74, 6) is 0.828. The van der Waals surface area contributed by atoms with Crippen LogP contribution < -0.4 is 0 Å². The van der Waals surface area contributed by atoms with Gasteiger partial charge in [-0.2, -0.15) is 0 Å². The van der Waals surface area contributed by atoms with Crippen LogP contribution in [0, 0.1) is 0 Å². The van der Waals surface area contributed by atoms with E-state index in [0.717, 1.165) is 76.9 Å². The van der Waals surface area contributed by atoms with Gasteiger partial charge in [-0.15, -0.1) is 10.2 Å². The molecule has 0 fully saturated rings. The van der Waals surface area contributed by atoms with E-state index in [0.29, 0.717) is 11.6 Å². The summed E-state index contributed by atoms with van der Waals surface area (Å²) in [7, 11) is 0. The van der Waals surface area contributed by atoms with Crippen molar-refractivity contribution in [1.82, 2.24) is 34.3 Å². The summed E-state index contributed by atoms with van der Waals surface area (Å²) in [6, 6.07) is 46.0. The van der Waals surface area contributed by atoms with E-state index in [-0.39, 0.29) is 0 Å². The van der Waals surface area contributed by atoms with E-state index in [1.54, 1.807) is 0 Å². The second kappa shape index (κ2) is 9.51. The van der Waals surface area contributed by atoms with Gasteiger partial charge in [0.1, 0.15) is 11.0 Å². The summed E-state index contributed by atoms with van der Waals surface area (Å²) in [6.07, 6.45) is 1.82. The Morgan fingerprint density at radius 3 is 1.74 bits per heavy atom. The minimum absolute atomic E-state index is 0.387. The van der Waals surface area contributed by atoms with Crippen molar-refractivity contribution >= 4 is 65.5 Å². The molecule has 0 saturated heterocycles. The predicted molar refractivity (Wildman–Crippen MR) is 185 cm³/mol. The van der Waals surface area contributed by atoms with Crippen LogP contribution in [-0.2, 0) is 0 Å². The van der Waals surface area contributed by atoms with Crippen LogP contribution in [-0.4, -0.2) is 34.3 Å². The average Bonchev–Trinajstić information content (AvgIpc) is 3.66. The Hall–Kier alpha value is -6.47. The molecule has 214 valence electrons. The topological polar surface area (TPSA) is 74.3 Å². The summed E-state index contributed by atoms with van der Waals surface area (Å²) in [5, 5.41) is 15.0. The van der Waals surface area contributed by atoms with Crippen molar-refractivity contribution in [3.05, 3.63) is 140 Å². The van der Waals surface area contributed by atoms with E-state index < -0.39 is 0 Å². The molecule has 7 heteroatoms. The van der Waals surface area contributed by atoms with E-state index in [2.05, 4.69) is 122 Å². The maximum absolute atomic E-state index is 5.27. The zero-order valence-electron chi connectivity index (χ0n) is 24.4.